The number of nitrogens with zero attached hydrogens (tertiary/aromatic N) is 1. The molecule has 0 radical (unpaired) electrons. The van der Waals surface area contributed by atoms with E-state index in [0.29, 0.717) is 0 Å². The number of nitrogens with two attached hydrogens (primary N) is 1. The second-order valence-electron chi connectivity index (χ2n) is 3.63. The molecule has 0 aliphatic heterocycles. The van der Waals surface area contributed by atoms with Crippen LogP contribution in [0.4, 0.5) is 0 Å². The molecule has 13 heteroatoms. The minimum Gasteiger partial charge on any atom is -0.478 e. The van der Waals surface area contributed by atoms with Gasteiger partial charge in [-0.1, -0.05) is 0 Å². The lowest BCUT2D eigenvalue weighted by molar-refractivity contribution is -0.530. The molecule has 12 N–H and O–H groups in total. The van der Waals surface area contributed by atoms with Crippen molar-refractivity contribution in [2.24, 2.45) is 5.73 Å². The van der Waals surface area contributed by atoms with E-state index in [1.165, 1.54) is 0 Å². The first-order valence-electron chi connectivity index (χ1n) is 4.38. The molecule has 0 amide bonds. The summed E-state index contributed by atoms with van der Waals surface area (Å²) in [4.78, 5) is 10.6. The SMILES string of the molecule is NCC(O)(O)C(O)(O)C(O)(O)[C@@](O)(C(=O)O)N(O)O. The third kappa shape index (κ3) is 2.29. The largest absolute Gasteiger partial charge is 0.478 e. The Morgan fingerprint density at radius 1 is 0.947 bits per heavy atom. The molecular formula is C6H14N2O11. The molecule has 19 heavy (non-hydrogen) atoms. The van der Waals surface area contributed by atoms with Crippen LogP contribution in [0.25, 0.3) is 0 Å². The molecule has 0 fully saturated rings. The van der Waals surface area contributed by atoms with Gasteiger partial charge in [-0.25, -0.2) is 4.79 Å². The molecule has 0 aromatic carbocycles. The Morgan fingerprint density at radius 2 is 1.32 bits per heavy atom. The van der Waals surface area contributed by atoms with Crippen LogP contribution in [-0.2, 0) is 4.79 Å². The topological polar surface area (TPSA) is 249 Å². The zero-order valence-corrected chi connectivity index (χ0v) is 9.11. The van der Waals surface area contributed by atoms with Crippen LogP contribution in [-0.4, -0.2) is 92.1 Å². The highest BCUT2D eigenvalue weighted by atomic mass is 16.8. The first-order chi connectivity index (χ1) is 8.20. The van der Waals surface area contributed by atoms with Crippen molar-refractivity contribution in [2.75, 3.05) is 6.54 Å². The van der Waals surface area contributed by atoms with Gasteiger partial charge in [0, 0.05) is 0 Å². The standard InChI is InChI=1S/C6H14N2O11/c7-1-3(11,12)5(14,15)6(16,17)4(13,2(9)10)8(18)19/h11-19H,1,7H2,(H,9,10)/t4-/m0/s1. The van der Waals surface area contributed by atoms with Crippen molar-refractivity contribution in [3.05, 3.63) is 0 Å². The van der Waals surface area contributed by atoms with Crippen molar-refractivity contribution >= 4 is 5.97 Å². The summed E-state index contributed by atoms with van der Waals surface area (Å²) in [5.74, 6) is -16.1. The molecule has 0 aliphatic rings. The van der Waals surface area contributed by atoms with Gasteiger partial charge >= 0.3 is 11.7 Å². The van der Waals surface area contributed by atoms with Gasteiger partial charge in [-0.05, 0) is 5.23 Å². The quantitative estimate of drug-likeness (QED) is 0.161. The van der Waals surface area contributed by atoms with Gasteiger partial charge in [0.25, 0.3) is 11.6 Å². The van der Waals surface area contributed by atoms with E-state index in [1.807, 2.05) is 0 Å². The van der Waals surface area contributed by atoms with Gasteiger partial charge in [-0.2, -0.15) is 0 Å². The minimum atomic E-state index is -4.81. The number of hydroxylamine groups is 2. The Hall–Kier alpha value is -0.970. The molecule has 13 nitrogen and oxygen atoms in total. The smallest absolute Gasteiger partial charge is 0.362 e. The van der Waals surface area contributed by atoms with Crippen molar-refractivity contribution in [1.82, 2.24) is 5.23 Å². The predicted molar refractivity (Wildman–Crippen MR) is 48.6 cm³/mol. The zero-order chi connectivity index (χ0) is 15.9. The molecule has 0 aliphatic carbocycles. The van der Waals surface area contributed by atoms with Crippen LogP contribution < -0.4 is 5.73 Å². The zero-order valence-electron chi connectivity index (χ0n) is 9.11. The molecule has 0 saturated heterocycles. The van der Waals surface area contributed by atoms with Gasteiger partial charge in [-0.15, -0.1) is 0 Å². The van der Waals surface area contributed by atoms with E-state index >= 15 is 0 Å². The third-order valence-corrected chi connectivity index (χ3v) is 2.40. The van der Waals surface area contributed by atoms with Crippen molar-refractivity contribution in [1.29, 1.82) is 0 Å². The maximum atomic E-state index is 10.6. The van der Waals surface area contributed by atoms with E-state index in [0.717, 1.165) is 0 Å². The lowest BCUT2D eigenvalue weighted by Crippen LogP contribution is -2.82. The summed E-state index contributed by atoms with van der Waals surface area (Å²) in [6.45, 7) is -1.46. The van der Waals surface area contributed by atoms with Crippen LogP contribution in [0.2, 0.25) is 0 Å². The van der Waals surface area contributed by atoms with E-state index in [4.69, 9.17) is 25.7 Å². The first-order valence-corrected chi connectivity index (χ1v) is 4.38. The molecule has 0 spiro atoms. The molecule has 114 valence electrons. The monoisotopic (exact) mass is 290 g/mol. The molecule has 0 aromatic heterocycles. The van der Waals surface area contributed by atoms with Gasteiger partial charge in [0.1, 0.15) is 0 Å². The number of carboxylic acids is 1. The highest BCUT2D eigenvalue weighted by Gasteiger charge is 2.75. The van der Waals surface area contributed by atoms with E-state index in [9.17, 15) is 30.3 Å². The molecule has 1 atom stereocenters. The van der Waals surface area contributed by atoms with Crippen molar-refractivity contribution in [3.63, 3.8) is 0 Å². The summed E-state index contributed by atoms with van der Waals surface area (Å²) in [6, 6.07) is 0. The summed E-state index contributed by atoms with van der Waals surface area (Å²) >= 11 is 0. The molecule has 0 unspecified atom stereocenters. The van der Waals surface area contributed by atoms with Crippen molar-refractivity contribution in [3.8, 4) is 0 Å². The van der Waals surface area contributed by atoms with Crippen molar-refractivity contribution in [2.45, 2.75) is 23.1 Å². The maximum absolute atomic E-state index is 10.6. The van der Waals surface area contributed by atoms with Gasteiger partial charge in [0.05, 0.1) is 6.54 Å². The van der Waals surface area contributed by atoms with Crippen LogP contribution >= 0.6 is 0 Å². The fraction of sp³-hybridized carbons (Fsp3) is 0.833. The fourth-order valence-electron chi connectivity index (χ4n) is 1.04. The minimum absolute atomic E-state index is 1.46. The van der Waals surface area contributed by atoms with E-state index < -0.39 is 40.8 Å². The van der Waals surface area contributed by atoms with Gasteiger partial charge in [0.2, 0.25) is 5.79 Å². The van der Waals surface area contributed by atoms with Gasteiger partial charge < -0.3 is 46.6 Å². The molecule has 0 bridgehead atoms. The van der Waals surface area contributed by atoms with E-state index in [2.05, 4.69) is 5.73 Å². The number of hydrogen-bond acceptors (Lipinski definition) is 12. The Labute approximate surface area is 104 Å². The molecular weight excluding hydrogens is 276 g/mol. The molecule has 0 aromatic rings. The molecule has 0 heterocycles. The van der Waals surface area contributed by atoms with E-state index in [1.54, 1.807) is 0 Å². The second-order valence-corrected chi connectivity index (χ2v) is 3.63. The molecule has 0 saturated carbocycles. The summed E-state index contributed by atoms with van der Waals surface area (Å²) in [7, 11) is 0. The maximum Gasteiger partial charge on any atom is 0.362 e. The average Bonchev–Trinajstić information content (AvgIpc) is 2.26. The lowest BCUT2D eigenvalue weighted by Gasteiger charge is -2.47. The third-order valence-electron chi connectivity index (χ3n) is 2.40. The number of aliphatic carboxylic acids is 1. The van der Waals surface area contributed by atoms with Crippen LogP contribution in [0.5, 0.6) is 0 Å². The van der Waals surface area contributed by atoms with Gasteiger partial charge in [-0.3, -0.25) is 10.4 Å². The normalized spacial score (nSPS) is 17.4. The number of hydrogen-bond donors (Lipinski definition) is 11. The van der Waals surface area contributed by atoms with Crippen LogP contribution in [0, 0.1) is 0 Å². The van der Waals surface area contributed by atoms with Crippen LogP contribution in [0.15, 0.2) is 0 Å². The average molecular weight is 290 g/mol. The summed E-state index contributed by atoms with van der Waals surface area (Å²) in [5.41, 5.74) is 0.108. The Balaban J connectivity index is 6.03. The predicted octanol–water partition coefficient (Wildman–Crippen LogP) is -6.16. The summed E-state index contributed by atoms with van der Waals surface area (Å²) < 4.78 is 0. The number of rotatable bonds is 6. The van der Waals surface area contributed by atoms with E-state index in [-0.39, 0.29) is 0 Å². The van der Waals surface area contributed by atoms with Crippen molar-refractivity contribution < 1.29 is 56.1 Å². The van der Waals surface area contributed by atoms with Crippen LogP contribution in [0.3, 0.4) is 0 Å². The fourth-order valence-corrected chi connectivity index (χ4v) is 1.04. The Bertz CT molecular complexity index is 353. The number of carbonyl (C=O) groups is 1. The highest BCUT2D eigenvalue weighted by molar-refractivity contribution is 5.77. The molecule has 0 rings (SSSR count). The lowest BCUT2D eigenvalue weighted by atomic mass is 9.87. The second kappa shape index (κ2) is 4.85. The van der Waals surface area contributed by atoms with Crippen LogP contribution in [0.1, 0.15) is 0 Å². The summed E-state index contributed by atoms with van der Waals surface area (Å²) in [6.07, 6.45) is 0. The number of aliphatic hydroxyl groups is 7. The first kappa shape index (κ1) is 18.0. The highest BCUT2D eigenvalue weighted by Crippen LogP contribution is 2.36. The Kier molecular flexibility index (Phi) is 4.60. The summed E-state index contributed by atoms with van der Waals surface area (Å²) in [5, 5.41) is 88.0. The van der Waals surface area contributed by atoms with Gasteiger partial charge in [0.15, 0.2) is 0 Å². The Morgan fingerprint density at radius 3 is 1.53 bits per heavy atom. The number of carboxylic acid groups (broad SMARTS) is 1.